The molecule has 27 heavy (non-hydrogen) atoms. The molecule has 3 rings (SSSR count). The standard InChI is InChI=1S/C19H24N4O2S2/c1-4-13-6-8-14(9-7-13)20-17(25)12(3)26-19-22-21-18(27-19)23(15-10-11-15)16(24)5-2/h6-9,12,15H,4-5,10-11H2,1-3H3,(H,20,25)/t12-/m0/s1. The normalized spacial score (nSPS) is 14.6. The Morgan fingerprint density at radius 2 is 1.96 bits per heavy atom. The van der Waals surface area contributed by atoms with Gasteiger partial charge in [0.15, 0.2) is 4.34 Å². The van der Waals surface area contributed by atoms with Crippen LogP contribution in [0.4, 0.5) is 10.8 Å². The first-order valence-corrected chi connectivity index (χ1v) is 10.9. The Balaban J connectivity index is 1.60. The van der Waals surface area contributed by atoms with E-state index in [1.807, 2.05) is 38.1 Å². The Labute approximate surface area is 167 Å². The highest BCUT2D eigenvalue weighted by molar-refractivity contribution is 8.02. The van der Waals surface area contributed by atoms with Gasteiger partial charge < -0.3 is 5.32 Å². The second kappa shape index (κ2) is 8.84. The summed E-state index contributed by atoms with van der Waals surface area (Å²) >= 11 is 2.74. The lowest BCUT2D eigenvalue weighted by atomic mass is 10.1. The Bertz CT molecular complexity index is 802. The van der Waals surface area contributed by atoms with Crippen LogP contribution in [0.5, 0.6) is 0 Å². The van der Waals surface area contributed by atoms with Crippen LogP contribution in [-0.4, -0.2) is 33.3 Å². The highest BCUT2D eigenvalue weighted by Gasteiger charge is 2.35. The molecule has 2 amide bonds. The van der Waals surface area contributed by atoms with Crippen molar-refractivity contribution in [3.8, 4) is 0 Å². The van der Waals surface area contributed by atoms with Gasteiger partial charge >= 0.3 is 0 Å². The van der Waals surface area contributed by atoms with E-state index in [2.05, 4.69) is 22.4 Å². The summed E-state index contributed by atoms with van der Waals surface area (Å²) in [6.45, 7) is 5.80. The van der Waals surface area contributed by atoms with Crippen molar-refractivity contribution in [1.29, 1.82) is 0 Å². The number of nitrogens with one attached hydrogen (secondary N) is 1. The Morgan fingerprint density at radius 3 is 2.56 bits per heavy atom. The molecule has 1 aliphatic carbocycles. The van der Waals surface area contributed by atoms with Crippen molar-refractivity contribution < 1.29 is 9.59 Å². The minimum Gasteiger partial charge on any atom is -0.325 e. The molecular weight excluding hydrogens is 380 g/mol. The van der Waals surface area contributed by atoms with E-state index in [1.54, 1.807) is 4.90 Å². The summed E-state index contributed by atoms with van der Waals surface area (Å²) < 4.78 is 0.698. The second-order valence-corrected chi connectivity index (χ2v) is 9.04. The molecule has 2 aromatic rings. The number of aryl methyl sites for hydroxylation is 1. The topological polar surface area (TPSA) is 75.2 Å². The first kappa shape index (κ1) is 19.8. The molecule has 1 heterocycles. The van der Waals surface area contributed by atoms with Gasteiger partial charge in [-0.15, -0.1) is 10.2 Å². The number of nitrogens with zero attached hydrogens (tertiary/aromatic N) is 3. The van der Waals surface area contributed by atoms with E-state index in [4.69, 9.17) is 0 Å². The SMILES string of the molecule is CCC(=O)N(c1nnc(S[C@@H](C)C(=O)Nc2ccc(CC)cc2)s1)C1CC1. The van der Waals surface area contributed by atoms with E-state index in [-0.39, 0.29) is 23.1 Å². The molecule has 0 bridgehead atoms. The van der Waals surface area contributed by atoms with Crippen LogP contribution < -0.4 is 10.2 Å². The number of benzene rings is 1. The third kappa shape index (κ3) is 5.07. The van der Waals surface area contributed by atoms with Crippen LogP contribution in [0.15, 0.2) is 28.6 Å². The molecule has 1 fully saturated rings. The van der Waals surface area contributed by atoms with Gasteiger partial charge in [-0.1, -0.05) is 49.1 Å². The molecule has 1 atom stereocenters. The monoisotopic (exact) mass is 404 g/mol. The minimum atomic E-state index is -0.312. The number of carbonyl (C=O) groups is 2. The van der Waals surface area contributed by atoms with Gasteiger partial charge in [-0.25, -0.2) is 0 Å². The highest BCUT2D eigenvalue weighted by atomic mass is 32.2. The molecule has 0 spiro atoms. The van der Waals surface area contributed by atoms with Gasteiger partial charge in [0.05, 0.1) is 5.25 Å². The summed E-state index contributed by atoms with van der Waals surface area (Å²) in [6, 6.07) is 8.13. The van der Waals surface area contributed by atoms with Crippen molar-refractivity contribution in [3.05, 3.63) is 29.8 Å². The van der Waals surface area contributed by atoms with Crippen LogP contribution in [0, 0.1) is 0 Å². The van der Waals surface area contributed by atoms with Crippen LogP contribution in [-0.2, 0) is 16.0 Å². The zero-order valence-electron chi connectivity index (χ0n) is 15.8. The maximum Gasteiger partial charge on any atom is 0.237 e. The molecule has 8 heteroatoms. The summed E-state index contributed by atoms with van der Waals surface area (Å²) in [4.78, 5) is 26.4. The average molecular weight is 405 g/mol. The van der Waals surface area contributed by atoms with Crippen LogP contribution in [0.1, 0.15) is 45.6 Å². The fraction of sp³-hybridized carbons (Fsp3) is 0.474. The van der Waals surface area contributed by atoms with Crippen molar-refractivity contribution in [1.82, 2.24) is 10.2 Å². The second-order valence-electron chi connectivity index (χ2n) is 6.50. The molecule has 0 aliphatic heterocycles. The lowest BCUT2D eigenvalue weighted by molar-refractivity contribution is -0.118. The third-order valence-electron chi connectivity index (χ3n) is 4.36. The fourth-order valence-corrected chi connectivity index (χ4v) is 4.66. The predicted octanol–water partition coefficient (Wildman–Crippen LogP) is 4.13. The van der Waals surface area contributed by atoms with Gasteiger partial charge in [0.2, 0.25) is 16.9 Å². The van der Waals surface area contributed by atoms with E-state index in [0.29, 0.717) is 15.9 Å². The van der Waals surface area contributed by atoms with Crippen molar-refractivity contribution in [3.63, 3.8) is 0 Å². The van der Waals surface area contributed by atoms with Crippen LogP contribution in [0.3, 0.4) is 0 Å². The zero-order valence-corrected chi connectivity index (χ0v) is 17.4. The van der Waals surface area contributed by atoms with E-state index in [9.17, 15) is 9.59 Å². The number of rotatable bonds is 8. The Morgan fingerprint density at radius 1 is 1.26 bits per heavy atom. The van der Waals surface area contributed by atoms with Crippen molar-refractivity contribution >= 4 is 45.7 Å². The van der Waals surface area contributed by atoms with Crippen LogP contribution in [0.25, 0.3) is 0 Å². The van der Waals surface area contributed by atoms with Crippen LogP contribution in [0.2, 0.25) is 0 Å². The van der Waals surface area contributed by atoms with Crippen molar-refractivity contribution in [2.45, 2.75) is 62.1 Å². The number of thioether (sulfide) groups is 1. The summed E-state index contributed by atoms with van der Waals surface area (Å²) in [5.41, 5.74) is 2.02. The number of aromatic nitrogens is 2. The molecule has 0 radical (unpaired) electrons. The van der Waals surface area contributed by atoms with Gasteiger partial charge in [-0.2, -0.15) is 0 Å². The summed E-state index contributed by atoms with van der Waals surface area (Å²) in [6.07, 6.45) is 3.46. The zero-order chi connectivity index (χ0) is 19.4. The maximum atomic E-state index is 12.4. The Kier molecular flexibility index (Phi) is 6.49. The first-order chi connectivity index (χ1) is 13.0. The smallest absolute Gasteiger partial charge is 0.237 e. The molecule has 144 valence electrons. The molecule has 1 aromatic carbocycles. The van der Waals surface area contributed by atoms with Crippen molar-refractivity contribution in [2.24, 2.45) is 0 Å². The predicted molar refractivity (Wildman–Crippen MR) is 110 cm³/mol. The van der Waals surface area contributed by atoms with Gasteiger partial charge in [0, 0.05) is 18.2 Å². The van der Waals surface area contributed by atoms with E-state index >= 15 is 0 Å². The molecule has 0 saturated heterocycles. The minimum absolute atomic E-state index is 0.0755. The quantitative estimate of drug-likeness (QED) is 0.529. The summed E-state index contributed by atoms with van der Waals surface area (Å²) in [7, 11) is 0. The number of hydrogen-bond donors (Lipinski definition) is 1. The lowest BCUT2D eigenvalue weighted by Gasteiger charge is -2.17. The average Bonchev–Trinajstić information content (AvgIpc) is 3.41. The first-order valence-electron chi connectivity index (χ1n) is 9.23. The maximum absolute atomic E-state index is 12.4. The molecule has 0 unspecified atom stereocenters. The van der Waals surface area contributed by atoms with E-state index in [1.165, 1.54) is 28.7 Å². The van der Waals surface area contributed by atoms with E-state index in [0.717, 1.165) is 24.9 Å². The number of carbonyl (C=O) groups excluding carboxylic acids is 2. The molecule has 1 aliphatic rings. The fourth-order valence-electron chi connectivity index (χ4n) is 2.59. The molecule has 6 nitrogen and oxygen atoms in total. The van der Waals surface area contributed by atoms with Gasteiger partial charge in [-0.05, 0) is 43.9 Å². The highest BCUT2D eigenvalue weighted by Crippen LogP contribution is 2.37. The lowest BCUT2D eigenvalue weighted by Crippen LogP contribution is -2.32. The Hall–Kier alpha value is -1.93. The number of amides is 2. The molecule has 1 saturated carbocycles. The van der Waals surface area contributed by atoms with Crippen molar-refractivity contribution in [2.75, 3.05) is 10.2 Å². The van der Waals surface area contributed by atoms with Gasteiger partial charge in [0.1, 0.15) is 0 Å². The number of anilines is 2. The van der Waals surface area contributed by atoms with E-state index < -0.39 is 0 Å². The molecule has 1 aromatic heterocycles. The third-order valence-corrected chi connectivity index (χ3v) is 6.47. The number of hydrogen-bond acceptors (Lipinski definition) is 6. The van der Waals surface area contributed by atoms with Gasteiger partial charge in [-0.3, -0.25) is 14.5 Å². The van der Waals surface area contributed by atoms with Gasteiger partial charge in [0.25, 0.3) is 0 Å². The summed E-state index contributed by atoms with van der Waals surface area (Å²) in [5, 5.41) is 11.6. The largest absolute Gasteiger partial charge is 0.325 e. The van der Waals surface area contributed by atoms with Crippen LogP contribution >= 0.6 is 23.1 Å². The molecule has 1 N–H and O–H groups in total. The summed E-state index contributed by atoms with van der Waals surface area (Å²) in [5.74, 6) is -0.00352. The molecular formula is C19H24N4O2S2.